The first-order valence-corrected chi connectivity index (χ1v) is 6.73. The SMILES string of the molecule is C[C](OC(=O)[C@@H](N)C(C)(C)C)OC(=O)[C@@H](N)CC(C)C. The minimum atomic E-state index is -0.805. The summed E-state index contributed by atoms with van der Waals surface area (Å²) in [6.07, 6.45) is 0.348. The third kappa shape index (κ3) is 6.86. The number of carbonyl (C=O) groups excluding carboxylic acids is 2. The molecular formula is C14H27N2O4. The van der Waals surface area contributed by atoms with Gasteiger partial charge in [-0.1, -0.05) is 34.6 Å². The third-order valence-electron chi connectivity index (χ3n) is 2.70. The van der Waals surface area contributed by atoms with Crippen molar-refractivity contribution in [3.8, 4) is 0 Å². The van der Waals surface area contributed by atoms with Gasteiger partial charge in [-0.25, -0.2) is 0 Å². The molecule has 0 aliphatic heterocycles. The van der Waals surface area contributed by atoms with Crippen LogP contribution in [0.2, 0.25) is 0 Å². The zero-order valence-corrected chi connectivity index (χ0v) is 13.2. The van der Waals surface area contributed by atoms with Crippen LogP contribution in [0.3, 0.4) is 0 Å². The van der Waals surface area contributed by atoms with E-state index in [1.54, 1.807) is 0 Å². The Hall–Kier alpha value is -1.14. The molecular weight excluding hydrogens is 260 g/mol. The molecule has 0 spiro atoms. The third-order valence-corrected chi connectivity index (χ3v) is 2.70. The van der Waals surface area contributed by atoms with E-state index >= 15 is 0 Å². The van der Waals surface area contributed by atoms with E-state index in [1.807, 2.05) is 34.6 Å². The van der Waals surface area contributed by atoms with Crippen LogP contribution in [-0.2, 0) is 19.1 Å². The second-order valence-electron chi connectivity index (χ2n) is 6.41. The van der Waals surface area contributed by atoms with Crippen molar-refractivity contribution >= 4 is 11.9 Å². The Labute approximate surface area is 121 Å². The number of nitrogens with two attached hydrogens (primary N) is 2. The Morgan fingerprint density at radius 3 is 1.90 bits per heavy atom. The van der Waals surface area contributed by atoms with Crippen LogP contribution in [0.15, 0.2) is 0 Å². The Morgan fingerprint density at radius 2 is 1.50 bits per heavy atom. The van der Waals surface area contributed by atoms with Crippen molar-refractivity contribution in [1.82, 2.24) is 0 Å². The number of hydrogen-bond donors (Lipinski definition) is 2. The van der Waals surface area contributed by atoms with Crippen LogP contribution in [-0.4, -0.2) is 24.0 Å². The lowest BCUT2D eigenvalue weighted by Gasteiger charge is -2.26. The molecule has 0 fully saturated rings. The average molecular weight is 287 g/mol. The summed E-state index contributed by atoms with van der Waals surface area (Å²) in [7, 11) is 0. The van der Waals surface area contributed by atoms with Gasteiger partial charge in [0.05, 0.1) is 0 Å². The molecule has 0 unspecified atom stereocenters. The zero-order chi connectivity index (χ0) is 16.1. The maximum Gasteiger partial charge on any atom is 0.331 e. The highest BCUT2D eigenvalue weighted by Crippen LogP contribution is 2.20. The van der Waals surface area contributed by atoms with Crippen molar-refractivity contribution in [3.63, 3.8) is 0 Å². The molecule has 0 aromatic rings. The van der Waals surface area contributed by atoms with E-state index in [-0.39, 0.29) is 12.2 Å². The highest BCUT2D eigenvalue weighted by atomic mass is 16.7. The first-order valence-electron chi connectivity index (χ1n) is 6.73. The smallest absolute Gasteiger partial charge is 0.331 e. The van der Waals surface area contributed by atoms with Crippen molar-refractivity contribution < 1.29 is 19.1 Å². The van der Waals surface area contributed by atoms with Gasteiger partial charge in [0.25, 0.3) is 0 Å². The Morgan fingerprint density at radius 1 is 1.05 bits per heavy atom. The van der Waals surface area contributed by atoms with Crippen molar-refractivity contribution in [1.29, 1.82) is 0 Å². The number of esters is 2. The first-order chi connectivity index (χ1) is 8.95. The predicted molar refractivity (Wildman–Crippen MR) is 76.0 cm³/mol. The standard InChI is InChI=1S/C14H27N2O4/c1-8(2)7-10(15)12(17)19-9(3)20-13(18)11(16)14(4,5)6/h8,10-11H,7,15-16H2,1-6H3/t10-,11+/m0/s1. The molecule has 20 heavy (non-hydrogen) atoms. The molecule has 0 heterocycles. The van der Waals surface area contributed by atoms with E-state index in [1.165, 1.54) is 6.92 Å². The highest BCUT2D eigenvalue weighted by molar-refractivity contribution is 5.78. The minimum Gasteiger partial charge on any atom is -0.414 e. The van der Waals surface area contributed by atoms with Crippen LogP contribution < -0.4 is 11.5 Å². The molecule has 0 aromatic carbocycles. The summed E-state index contributed by atoms with van der Waals surface area (Å²) in [4.78, 5) is 23.4. The van der Waals surface area contributed by atoms with E-state index in [0.29, 0.717) is 6.42 Å². The van der Waals surface area contributed by atoms with Gasteiger partial charge in [0, 0.05) is 6.92 Å². The topological polar surface area (TPSA) is 105 Å². The molecule has 117 valence electrons. The first kappa shape index (κ1) is 18.9. The van der Waals surface area contributed by atoms with Gasteiger partial charge >= 0.3 is 18.2 Å². The van der Waals surface area contributed by atoms with Crippen LogP contribution in [0.5, 0.6) is 0 Å². The van der Waals surface area contributed by atoms with E-state index in [2.05, 4.69) is 0 Å². The molecule has 0 bridgehead atoms. The van der Waals surface area contributed by atoms with Crippen molar-refractivity contribution in [3.05, 3.63) is 6.29 Å². The van der Waals surface area contributed by atoms with E-state index in [0.717, 1.165) is 0 Å². The molecule has 6 nitrogen and oxygen atoms in total. The minimum absolute atomic E-state index is 0.154. The Bertz CT molecular complexity index is 337. The lowest BCUT2D eigenvalue weighted by molar-refractivity contribution is -0.167. The van der Waals surface area contributed by atoms with Gasteiger partial charge in [-0.15, -0.1) is 0 Å². The van der Waals surface area contributed by atoms with Crippen LogP contribution in [0.25, 0.3) is 0 Å². The van der Waals surface area contributed by atoms with Crippen LogP contribution in [0, 0.1) is 17.6 Å². The van der Waals surface area contributed by atoms with Gasteiger partial charge in [-0.05, 0) is 17.8 Å². The quantitative estimate of drug-likeness (QED) is 0.714. The van der Waals surface area contributed by atoms with Crippen LogP contribution in [0.4, 0.5) is 0 Å². The number of carbonyl (C=O) groups is 2. The summed E-state index contributed by atoms with van der Waals surface area (Å²) in [5.74, 6) is -0.983. The van der Waals surface area contributed by atoms with Crippen molar-refractivity contribution in [2.24, 2.45) is 22.8 Å². The fraction of sp³-hybridized carbons (Fsp3) is 0.786. The number of ether oxygens (including phenoxy) is 2. The largest absolute Gasteiger partial charge is 0.414 e. The molecule has 0 aliphatic carbocycles. The molecule has 6 heteroatoms. The molecule has 4 N–H and O–H groups in total. The summed E-state index contributed by atoms with van der Waals surface area (Å²) in [6.45, 7) is 10.7. The fourth-order valence-electron chi connectivity index (χ4n) is 1.40. The Balaban J connectivity index is 4.33. The van der Waals surface area contributed by atoms with Crippen LogP contribution >= 0.6 is 0 Å². The summed E-state index contributed by atoms with van der Waals surface area (Å²) in [5, 5.41) is 0. The second kappa shape index (κ2) is 7.59. The van der Waals surface area contributed by atoms with Gasteiger partial charge in [-0.3, -0.25) is 9.59 Å². The molecule has 0 aliphatic rings. The molecule has 0 saturated heterocycles. The van der Waals surface area contributed by atoms with Gasteiger partial charge in [-0.2, -0.15) is 0 Å². The monoisotopic (exact) mass is 287 g/mol. The van der Waals surface area contributed by atoms with Crippen molar-refractivity contribution in [2.45, 2.75) is 60.0 Å². The van der Waals surface area contributed by atoms with Crippen molar-refractivity contribution in [2.75, 3.05) is 0 Å². The fourth-order valence-corrected chi connectivity index (χ4v) is 1.40. The van der Waals surface area contributed by atoms with Gasteiger partial charge in [0.2, 0.25) is 0 Å². The molecule has 0 saturated carbocycles. The maximum absolute atomic E-state index is 11.7. The Kier molecular flexibility index (Phi) is 7.16. The van der Waals surface area contributed by atoms with E-state index < -0.39 is 29.4 Å². The van der Waals surface area contributed by atoms with E-state index in [9.17, 15) is 9.59 Å². The summed E-state index contributed by atoms with van der Waals surface area (Å²) in [6, 6.07) is -1.54. The molecule has 1 radical (unpaired) electrons. The second-order valence-corrected chi connectivity index (χ2v) is 6.41. The lowest BCUT2D eigenvalue weighted by atomic mass is 9.87. The summed E-state index contributed by atoms with van der Waals surface area (Å²) in [5.41, 5.74) is 11.0. The lowest BCUT2D eigenvalue weighted by Crippen LogP contribution is -2.44. The van der Waals surface area contributed by atoms with Crippen LogP contribution in [0.1, 0.15) is 48.0 Å². The molecule has 0 amide bonds. The molecule has 0 aromatic heterocycles. The molecule has 2 atom stereocenters. The average Bonchev–Trinajstić information content (AvgIpc) is 2.25. The molecule has 0 rings (SSSR count). The normalized spacial score (nSPS) is 15.1. The number of hydrogen-bond acceptors (Lipinski definition) is 6. The van der Waals surface area contributed by atoms with E-state index in [4.69, 9.17) is 20.9 Å². The van der Waals surface area contributed by atoms with Gasteiger partial charge < -0.3 is 20.9 Å². The highest BCUT2D eigenvalue weighted by Gasteiger charge is 2.31. The van der Waals surface area contributed by atoms with Gasteiger partial charge in [0.15, 0.2) is 0 Å². The van der Waals surface area contributed by atoms with Gasteiger partial charge in [0.1, 0.15) is 12.1 Å². The predicted octanol–water partition coefficient (Wildman–Crippen LogP) is 1.33. The summed E-state index contributed by atoms with van der Waals surface area (Å²) < 4.78 is 9.82. The zero-order valence-electron chi connectivity index (χ0n) is 13.2. The summed E-state index contributed by atoms with van der Waals surface area (Å²) >= 11 is 0. The maximum atomic E-state index is 11.7. The number of rotatable bonds is 6.